The normalized spacial score (nSPS) is 11.0. The molecule has 0 atom stereocenters. The smallest absolute Gasteiger partial charge is 0.368 e. The van der Waals surface area contributed by atoms with Crippen molar-refractivity contribution in [3.63, 3.8) is 0 Å². The van der Waals surface area contributed by atoms with E-state index >= 15 is 0 Å². The molecule has 31 heavy (non-hydrogen) atoms. The van der Waals surface area contributed by atoms with Gasteiger partial charge in [-0.15, -0.1) is 0 Å². The number of rotatable bonds is 6. The molecule has 2 aromatic heterocycles. The van der Waals surface area contributed by atoms with Crippen molar-refractivity contribution in [1.82, 2.24) is 24.8 Å². The maximum absolute atomic E-state index is 12.4. The summed E-state index contributed by atoms with van der Waals surface area (Å²) in [4.78, 5) is 16.6. The monoisotopic (exact) mass is 435 g/mol. The molecule has 0 N–H and O–H groups in total. The molecular formula is C23H22ClN5O2. The zero-order valence-corrected chi connectivity index (χ0v) is 18.3. The largest absolute Gasteiger partial charge is 0.489 e. The van der Waals surface area contributed by atoms with Crippen LogP contribution < -0.4 is 10.4 Å². The van der Waals surface area contributed by atoms with E-state index < -0.39 is 0 Å². The predicted octanol–water partition coefficient (Wildman–Crippen LogP) is 4.13. The highest BCUT2D eigenvalue weighted by Crippen LogP contribution is 2.31. The number of aromatic nitrogens is 5. The third kappa shape index (κ3) is 4.09. The van der Waals surface area contributed by atoms with Gasteiger partial charge in [0.25, 0.3) is 0 Å². The van der Waals surface area contributed by atoms with Crippen LogP contribution in [-0.4, -0.2) is 24.8 Å². The van der Waals surface area contributed by atoms with Crippen molar-refractivity contribution < 1.29 is 4.74 Å². The quantitative estimate of drug-likeness (QED) is 0.455. The number of tetrazole rings is 1. The van der Waals surface area contributed by atoms with Crippen LogP contribution in [0.4, 0.5) is 0 Å². The zero-order chi connectivity index (χ0) is 22.0. The van der Waals surface area contributed by atoms with E-state index in [1.54, 1.807) is 25.5 Å². The highest BCUT2D eigenvalue weighted by Gasteiger charge is 2.15. The molecule has 0 radical (unpaired) electrons. The SMILES string of the molecule is CCc1cccc(-n2nnn(C)c2=O)c1COc1ccc(-c2cnccc2Cl)cc1C. The predicted molar refractivity (Wildman–Crippen MR) is 120 cm³/mol. The first-order chi connectivity index (χ1) is 15.0. The van der Waals surface area contributed by atoms with Crippen LogP contribution >= 0.6 is 11.6 Å². The average Bonchev–Trinajstić information content (AvgIpc) is 3.11. The number of halogens is 1. The Morgan fingerprint density at radius 2 is 1.97 bits per heavy atom. The summed E-state index contributed by atoms with van der Waals surface area (Å²) in [5, 5.41) is 8.47. The Kier molecular flexibility index (Phi) is 5.86. The summed E-state index contributed by atoms with van der Waals surface area (Å²) in [5.41, 5.74) is 5.20. The molecular weight excluding hydrogens is 414 g/mol. The van der Waals surface area contributed by atoms with Gasteiger partial charge in [-0.3, -0.25) is 4.98 Å². The van der Waals surface area contributed by atoms with Crippen LogP contribution in [0, 0.1) is 6.92 Å². The van der Waals surface area contributed by atoms with Crippen molar-refractivity contribution in [3.05, 3.63) is 87.1 Å². The lowest BCUT2D eigenvalue weighted by atomic mass is 10.0. The molecule has 7 nitrogen and oxygen atoms in total. The van der Waals surface area contributed by atoms with E-state index in [9.17, 15) is 4.79 Å². The Morgan fingerprint density at radius 3 is 2.65 bits per heavy atom. The molecule has 0 amide bonds. The molecule has 0 bridgehead atoms. The maximum atomic E-state index is 12.4. The van der Waals surface area contributed by atoms with E-state index in [-0.39, 0.29) is 5.69 Å². The number of aryl methyl sites for hydroxylation is 3. The summed E-state index contributed by atoms with van der Waals surface area (Å²) in [6, 6.07) is 13.5. The molecule has 2 aromatic carbocycles. The molecule has 0 spiro atoms. The molecule has 4 rings (SSSR count). The van der Waals surface area contributed by atoms with E-state index in [2.05, 4.69) is 22.3 Å². The number of benzene rings is 2. The summed E-state index contributed by atoms with van der Waals surface area (Å²) in [6.07, 6.45) is 4.22. The second-order valence-electron chi connectivity index (χ2n) is 7.19. The molecule has 0 unspecified atom stereocenters. The van der Waals surface area contributed by atoms with Crippen LogP contribution in [0.25, 0.3) is 16.8 Å². The van der Waals surface area contributed by atoms with E-state index in [1.807, 2.05) is 43.3 Å². The summed E-state index contributed by atoms with van der Waals surface area (Å²) < 4.78 is 8.68. The third-order valence-corrected chi connectivity index (χ3v) is 5.53. The van der Waals surface area contributed by atoms with E-state index in [1.165, 1.54) is 9.36 Å². The topological polar surface area (TPSA) is 74.8 Å². The summed E-state index contributed by atoms with van der Waals surface area (Å²) in [6.45, 7) is 4.36. The number of hydrogen-bond donors (Lipinski definition) is 0. The number of nitrogens with zero attached hydrogens (tertiary/aromatic N) is 5. The number of hydrogen-bond acceptors (Lipinski definition) is 5. The van der Waals surface area contributed by atoms with Gasteiger partial charge < -0.3 is 4.74 Å². The van der Waals surface area contributed by atoms with Gasteiger partial charge in [0, 0.05) is 30.6 Å². The van der Waals surface area contributed by atoms with E-state index in [4.69, 9.17) is 16.3 Å². The number of pyridine rings is 1. The van der Waals surface area contributed by atoms with Gasteiger partial charge in [0.15, 0.2) is 0 Å². The fraction of sp³-hybridized carbons (Fsp3) is 0.217. The zero-order valence-electron chi connectivity index (χ0n) is 17.5. The first-order valence-corrected chi connectivity index (χ1v) is 10.3. The van der Waals surface area contributed by atoms with E-state index in [0.717, 1.165) is 40.0 Å². The molecule has 8 heteroatoms. The van der Waals surface area contributed by atoms with Gasteiger partial charge >= 0.3 is 5.69 Å². The first kappa shape index (κ1) is 20.8. The van der Waals surface area contributed by atoms with Crippen molar-refractivity contribution >= 4 is 11.6 Å². The van der Waals surface area contributed by atoms with Crippen LogP contribution in [-0.2, 0) is 20.1 Å². The van der Waals surface area contributed by atoms with Crippen LogP contribution in [0.1, 0.15) is 23.6 Å². The Bertz CT molecular complexity index is 1300. The Labute approximate surface area is 184 Å². The molecule has 4 aromatic rings. The molecule has 0 aliphatic heterocycles. The Hall–Kier alpha value is -3.45. The first-order valence-electron chi connectivity index (χ1n) is 9.93. The molecule has 158 valence electrons. The van der Waals surface area contributed by atoms with Gasteiger partial charge in [0.2, 0.25) is 0 Å². The van der Waals surface area contributed by atoms with E-state index in [0.29, 0.717) is 17.3 Å². The third-order valence-electron chi connectivity index (χ3n) is 5.20. The fourth-order valence-electron chi connectivity index (χ4n) is 3.50. The molecule has 0 fully saturated rings. The van der Waals surface area contributed by atoms with Crippen molar-refractivity contribution in [3.8, 4) is 22.6 Å². The lowest BCUT2D eigenvalue weighted by molar-refractivity contribution is 0.302. The van der Waals surface area contributed by atoms with Gasteiger partial charge in [-0.25, -0.2) is 4.79 Å². The average molecular weight is 436 g/mol. The van der Waals surface area contributed by atoms with Crippen molar-refractivity contribution in [2.45, 2.75) is 26.9 Å². The van der Waals surface area contributed by atoms with Gasteiger partial charge in [-0.2, -0.15) is 9.36 Å². The van der Waals surface area contributed by atoms with Crippen LogP contribution in [0.5, 0.6) is 5.75 Å². The minimum atomic E-state index is -0.302. The molecule has 0 aliphatic carbocycles. The lowest BCUT2D eigenvalue weighted by Gasteiger charge is -2.16. The molecule has 2 heterocycles. The van der Waals surface area contributed by atoms with Crippen molar-refractivity contribution in [1.29, 1.82) is 0 Å². The summed E-state index contributed by atoms with van der Waals surface area (Å²) in [5.74, 6) is 0.757. The highest BCUT2D eigenvalue weighted by molar-refractivity contribution is 6.33. The Balaban J connectivity index is 1.65. The van der Waals surface area contributed by atoms with Gasteiger partial charge in [-0.1, -0.05) is 36.7 Å². The van der Waals surface area contributed by atoms with Gasteiger partial charge in [-0.05, 0) is 64.7 Å². The standard InChI is InChI=1S/C23H22ClN5O2/c1-4-16-6-5-7-21(29-23(30)28(3)26-27-29)19(16)14-31-22-9-8-17(12-15(22)2)18-13-25-11-10-20(18)24/h5-13H,4,14H2,1-3H3. The summed E-state index contributed by atoms with van der Waals surface area (Å²) >= 11 is 6.30. The lowest BCUT2D eigenvalue weighted by Crippen LogP contribution is -2.23. The van der Waals surface area contributed by atoms with Crippen LogP contribution in [0.15, 0.2) is 59.7 Å². The van der Waals surface area contributed by atoms with Crippen molar-refractivity contribution in [2.75, 3.05) is 0 Å². The second-order valence-corrected chi connectivity index (χ2v) is 7.60. The fourth-order valence-corrected chi connectivity index (χ4v) is 3.72. The molecule has 0 aliphatic rings. The van der Waals surface area contributed by atoms with Gasteiger partial charge in [0.05, 0.1) is 10.7 Å². The molecule has 0 saturated carbocycles. The second kappa shape index (κ2) is 8.73. The maximum Gasteiger partial charge on any atom is 0.368 e. The minimum Gasteiger partial charge on any atom is -0.489 e. The highest BCUT2D eigenvalue weighted by atomic mass is 35.5. The van der Waals surface area contributed by atoms with Gasteiger partial charge in [0.1, 0.15) is 12.4 Å². The number of ether oxygens (including phenoxy) is 1. The van der Waals surface area contributed by atoms with Crippen molar-refractivity contribution in [2.24, 2.45) is 7.05 Å². The van der Waals surface area contributed by atoms with Crippen LogP contribution in [0.2, 0.25) is 5.02 Å². The Morgan fingerprint density at radius 1 is 1.13 bits per heavy atom. The minimum absolute atomic E-state index is 0.302. The summed E-state index contributed by atoms with van der Waals surface area (Å²) in [7, 11) is 1.57. The van der Waals surface area contributed by atoms with Crippen LogP contribution in [0.3, 0.4) is 0 Å². The molecule has 0 saturated heterocycles.